The zero-order valence-corrected chi connectivity index (χ0v) is 9.08. The van der Waals surface area contributed by atoms with E-state index in [2.05, 4.69) is 4.98 Å². The number of aromatic nitrogens is 2. The molecule has 86 valence electrons. The molecule has 1 aliphatic heterocycles. The van der Waals surface area contributed by atoms with Gasteiger partial charge < -0.3 is 10.0 Å². The summed E-state index contributed by atoms with van der Waals surface area (Å²) >= 11 is 0. The Morgan fingerprint density at radius 3 is 2.71 bits per heavy atom. The Morgan fingerprint density at radius 2 is 1.94 bits per heavy atom. The van der Waals surface area contributed by atoms with Crippen LogP contribution in [0.1, 0.15) is 0 Å². The summed E-state index contributed by atoms with van der Waals surface area (Å²) in [5, 5.41) is 9.33. The van der Waals surface area contributed by atoms with Crippen LogP contribution in [0.4, 0.5) is 11.6 Å². The summed E-state index contributed by atoms with van der Waals surface area (Å²) in [6.07, 6.45) is 1.20. The number of rotatable bonds is 1. The molecule has 1 N–H and O–H groups in total. The summed E-state index contributed by atoms with van der Waals surface area (Å²) in [4.78, 5) is 17.8. The van der Waals surface area contributed by atoms with E-state index in [9.17, 15) is 9.90 Å². The third-order valence-corrected chi connectivity index (χ3v) is 2.86. The fraction of sp³-hybridized carbons (Fsp3) is 0.167. The highest BCUT2D eigenvalue weighted by atomic mass is 16.3. The summed E-state index contributed by atoms with van der Waals surface area (Å²) in [6.45, 7) is 1.24. The van der Waals surface area contributed by atoms with Crippen molar-refractivity contribution < 1.29 is 5.11 Å². The van der Waals surface area contributed by atoms with Crippen LogP contribution in [0.15, 0.2) is 41.3 Å². The predicted molar refractivity (Wildman–Crippen MR) is 63.6 cm³/mol. The second-order valence-corrected chi connectivity index (χ2v) is 3.89. The molecular weight excluding hydrogens is 218 g/mol. The summed E-state index contributed by atoms with van der Waals surface area (Å²) in [5.74, 6) is 0.280. The van der Waals surface area contributed by atoms with E-state index in [1.54, 1.807) is 0 Å². The van der Waals surface area contributed by atoms with E-state index in [4.69, 9.17) is 0 Å². The van der Waals surface area contributed by atoms with Gasteiger partial charge in [-0.1, -0.05) is 18.2 Å². The normalized spacial score (nSPS) is 13.8. The van der Waals surface area contributed by atoms with Crippen molar-refractivity contribution in [3.8, 4) is 5.75 Å². The number of anilines is 2. The Bertz CT molecular complexity index is 607. The minimum absolute atomic E-state index is 0.302. The first kappa shape index (κ1) is 9.89. The fourth-order valence-electron chi connectivity index (χ4n) is 2.04. The molecular formula is C12H11N3O2. The summed E-state index contributed by atoms with van der Waals surface area (Å²) in [7, 11) is 0. The van der Waals surface area contributed by atoms with Gasteiger partial charge in [0.15, 0.2) is 0 Å². The molecule has 1 aromatic carbocycles. The monoisotopic (exact) mass is 229 g/mol. The highest BCUT2D eigenvalue weighted by Crippen LogP contribution is 2.26. The topological polar surface area (TPSA) is 58.4 Å². The lowest BCUT2D eigenvalue weighted by Crippen LogP contribution is -2.19. The average molecular weight is 229 g/mol. The predicted octanol–water partition coefficient (Wildman–Crippen LogP) is 1.10. The van der Waals surface area contributed by atoms with E-state index in [-0.39, 0.29) is 11.3 Å². The highest BCUT2D eigenvalue weighted by molar-refractivity contribution is 5.59. The maximum atomic E-state index is 11.7. The highest BCUT2D eigenvalue weighted by Gasteiger charge is 2.23. The van der Waals surface area contributed by atoms with E-state index in [0.717, 1.165) is 5.69 Å². The molecule has 0 aliphatic carbocycles. The van der Waals surface area contributed by atoms with Crippen LogP contribution < -0.4 is 10.5 Å². The molecule has 0 bridgehead atoms. The van der Waals surface area contributed by atoms with E-state index in [0.29, 0.717) is 19.0 Å². The first-order valence-corrected chi connectivity index (χ1v) is 5.39. The average Bonchev–Trinajstić information content (AvgIpc) is 2.79. The van der Waals surface area contributed by atoms with Gasteiger partial charge in [0, 0.05) is 18.8 Å². The molecule has 0 unspecified atom stereocenters. The van der Waals surface area contributed by atoms with Crippen molar-refractivity contribution >= 4 is 11.6 Å². The van der Waals surface area contributed by atoms with Crippen molar-refractivity contribution in [3.63, 3.8) is 0 Å². The van der Waals surface area contributed by atoms with Gasteiger partial charge in [-0.2, -0.15) is 0 Å². The Labute approximate surface area is 97.6 Å². The van der Waals surface area contributed by atoms with Crippen molar-refractivity contribution in [3.05, 3.63) is 46.9 Å². The Hall–Kier alpha value is -2.30. The van der Waals surface area contributed by atoms with Gasteiger partial charge >= 0.3 is 0 Å². The van der Waals surface area contributed by atoms with Crippen LogP contribution in [0.5, 0.6) is 5.75 Å². The molecule has 0 atom stereocenters. The third-order valence-electron chi connectivity index (χ3n) is 2.86. The lowest BCUT2D eigenvalue weighted by molar-refractivity contribution is 0.456. The van der Waals surface area contributed by atoms with Crippen molar-refractivity contribution in [2.45, 2.75) is 6.54 Å². The van der Waals surface area contributed by atoms with E-state index in [1.165, 1.54) is 10.8 Å². The van der Waals surface area contributed by atoms with Gasteiger partial charge in [-0.3, -0.25) is 9.36 Å². The summed E-state index contributed by atoms with van der Waals surface area (Å²) in [5.41, 5.74) is 0.616. The molecule has 5 heteroatoms. The molecule has 0 saturated carbocycles. The Balaban J connectivity index is 2.12. The zero-order chi connectivity index (χ0) is 11.8. The summed E-state index contributed by atoms with van der Waals surface area (Å²) in [6, 6.07) is 9.76. The number of nitrogens with zero attached hydrogens (tertiary/aromatic N) is 3. The number of hydrogen-bond donors (Lipinski definition) is 1. The maximum absolute atomic E-state index is 11.7. The molecule has 3 rings (SSSR count). The minimum Gasteiger partial charge on any atom is -0.502 e. The standard InChI is InChI=1S/C12H11N3O2/c16-10-8-13-12-14(6-7-15(12)11(10)17)9-4-2-1-3-5-9/h1-5,8,16H,6-7H2. The van der Waals surface area contributed by atoms with Crippen LogP contribution in [0.25, 0.3) is 0 Å². The first-order chi connectivity index (χ1) is 8.27. The van der Waals surface area contributed by atoms with Crippen LogP contribution in [0, 0.1) is 0 Å². The van der Waals surface area contributed by atoms with Gasteiger partial charge in [0.25, 0.3) is 5.56 Å². The number of hydrogen-bond acceptors (Lipinski definition) is 4. The zero-order valence-electron chi connectivity index (χ0n) is 9.08. The molecule has 1 aliphatic rings. The van der Waals surface area contributed by atoms with Crippen molar-refractivity contribution in [1.82, 2.24) is 9.55 Å². The van der Waals surface area contributed by atoms with Crippen molar-refractivity contribution in [1.29, 1.82) is 0 Å². The van der Waals surface area contributed by atoms with Crippen LogP contribution in [0.2, 0.25) is 0 Å². The Morgan fingerprint density at radius 1 is 1.18 bits per heavy atom. The van der Waals surface area contributed by atoms with Crippen molar-refractivity contribution in [2.24, 2.45) is 0 Å². The number of para-hydroxylation sites is 1. The van der Waals surface area contributed by atoms with Gasteiger partial charge in [0.1, 0.15) is 0 Å². The van der Waals surface area contributed by atoms with Crippen molar-refractivity contribution in [2.75, 3.05) is 11.4 Å². The van der Waals surface area contributed by atoms with Gasteiger partial charge in [-0.05, 0) is 12.1 Å². The largest absolute Gasteiger partial charge is 0.502 e. The number of fused-ring (bicyclic) bond motifs is 1. The molecule has 0 fully saturated rings. The van der Waals surface area contributed by atoms with E-state index in [1.807, 2.05) is 35.2 Å². The molecule has 2 aromatic rings. The van der Waals surface area contributed by atoms with E-state index < -0.39 is 0 Å². The molecule has 0 amide bonds. The quantitative estimate of drug-likeness (QED) is 0.795. The first-order valence-electron chi connectivity index (χ1n) is 5.39. The molecule has 0 saturated heterocycles. The molecule has 0 spiro atoms. The van der Waals surface area contributed by atoms with Crippen LogP contribution in [0.3, 0.4) is 0 Å². The smallest absolute Gasteiger partial charge is 0.297 e. The lowest BCUT2D eigenvalue weighted by atomic mass is 10.3. The van der Waals surface area contributed by atoms with Gasteiger partial charge in [-0.15, -0.1) is 0 Å². The van der Waals surface area contributed by atoms with Crippen LogP contribution in [-0.4, -0.2) is 21.2 Å². The van der Waals surface area contributed by atoms with Gasteiger partial charge in [0.2, 0.25) is 11.7 Å². The second kappa shape index (κ2) is 3.62. The molecule has 17 heavy (non-hydrogen) atoms. The fourth-order valence-corrected chi connectivity index (χ4v) is 2.04. The number of aromatic hydroxyl groups is 1. The molecule has 0 radical (unpaired) electrons. The minimum atomic E-state index is -0.381. The van der Waals surface area contributed by atoms with Crippen LogP contribution >= 0.6 is 0 Å². The second-order valence-electron chi connectivity index (χ2n) is 3.89. The Kier molecular flexibility index (Phi) is 2.11. The molecule has 1 aromatic heterocycles. The molecule has 2 heterocycles. The lowest BCUT2D eigenvalue weighted by Gasteiger charge is -2.16. The third kappa shape index (κ3) is 1.47. The van der Waals surface area contributed by atoms with Gasteiger partial charge in [-0.25, -0.2) is 4.98 Å². The van der Waals surface area contributed by atoms with Crippen LogP contribution in [-0.2, 0) is 6.54 Å². The van der Waals surface area contributed by atoms with Gasteiger partial charge in [0.05, 0.1) is 6.20 Å². The summed E-state index contributed by atoms with van der Waals surface area (Å²) < 4.78 is 1.49. The maximum Gasteiger partial charge on any atom is 0.297 e. The SMILES string of the molecule is O=c1c(O)cnc2n1CCN2c1ccccc1. The van der Waals surface area contributed by atoms with E-state index >= 15 is 0 Å². The number of benzene rings is 1. The molecule has 5 nitrogen and oxygen atoms in total.